The minimum atomic E-state index is -0.279. The van der Waals surface area contributed by atoms with Crippen LogP contribution in [0.2, 0.25) is 0 Å². The van der Waals surface area contributed by atoms with E-state index in [-0.39, 0.29) is 11.7 Å². The van der Waals surface area contributed by atoms with Crippen molar-refractivity contribution in [1.29, 1.82) is 0 Å². The number of hydrogen-bond donors (Lipinski definition) is 1. The maximum atomic E-state index is 14.2. The fourth-order valence-electron chi connectivity index (χ4n) is 2.28. The third-order valence-electron chi connectivity index (χ3n) is 3.25. The summed E-state index contributed by atoms with van der Waals surface area (Å²) in [5.41, 5.74) is 1.53. The number of thiazole rings is 1. The molecular formula is C16H13BrFN2OS+. The zero-order valence-electron chi connectivity index (χ0n) is 11.8. The standard InChI is InChI=1S/C16H12BrFN2OS/c1-10(21)19-16-20(13-7-2-3-8-14(13)22-16)9-11-5-4-6-12(17)15(11)18/h2-8H,9H2,1H3/p+1. The van der Waals surface area contributed by atoms with Crippen LogP contribution in [0.5, 0.6) is 0 Å². The number of hydrogen-bond acceptors (Lipinski definition) is 2. The molecule has 6 heteroatoms. The summed E-state index contributed by atoms with van der Waals surface area (Å²) in [6.07, 6.45) is 0. The van der Waals surface area contributed by atoms with E-state index in [2.05, 4.69) is 21.2 Å². The molecule has 0 spiro atoms. The summed E-state index contributed by atoms with van der Waals surface area (Å²) in [7, 11) is 0. The Morgan fingerprint density at radius 2 is 2.05 bits per heavy atom. The Hall–Kier alpha value is -1.79. The predicted molar refractivity (Wildman–Crippen MR) is 89.5 cm³/mol. The highest BCUT2D eigenvalue weighted by Crippen LogP contribution is 2.25. The molecule has 1 N–H and O–H groups in total. The van der Waals surface area contributed by atoms with Gasteiger partial charge in [0.05, 0.1) is 9.17 Å². The summed E-state index contributed by atoms with van der Waals surface area (Å²) in [5.74, 6) is -0.422. The second-order valence-corrected chi connectivity index (χ2v) is 6.74. The lowest BCUT2D eigenvalue weighted by Crippen LogP contribution is -2.37. The van der Waals surface area contributed by atoms with E-state index in [1.807, 2.05) is 28.8 Å². The number of carbonyl (C=O) groups excluding carboxylic acids is 1. The van der Waals surface area contributed by atoms with E-state index in [1.54, 1.807) is 18.2 Å². The second kappa shape index (κ2) is 6.14. The van der Waals surface area contributed by atoms with Crippen LogP contribution in [0, 0.1) is 5.82 Å². The molecule has 3 nitrogen and oxygen atoms in total. The number of amides is 1. The quantitative estimate of drug-likeness (QED) is 0.682. The molecule has 2 aromatic carbocycles. The van der Waals surface area contributed by atoms with Gasteiger partial charge < -0.3 is 0 Å². The summed E-state index contributed by atoms with van der Waals surface area (Å²) in [6, 6.07) is 13.0. The Kier molecular flexibility index (Phi) is 4.22. The fourth-order valence-corrected chi connectivity index (χ4v) is 3.79. The van der Waals surface area contributed by atoms with E-state index in [9.17, 15) is 9.18 Å². The number of anilines is 1. The Balaban J connectivity index is 2.12. The summed E-state index contributed by atoms with van der Waals surface area (Å²) in [6.45, 7) is 1.82. The Morgan fingerprint density at radius 1 is 1.27 bits per heavy atom. The van der Waals surface area contributed by atoms with Gasteiger partial charge >= 0.3 is 11.0 Å². The molecule has 1 amide bonds. The zero-order chi connectivity index (χ0) is 15.7. The van der Waals surface area contributed by atoms with Crippen LogP contribution in [0.15, 0.2) is 46.9 Å². The van der Waals surface area contributed by atoms with Gasteiger partial charge in [0.25, 0.3) is 0 Å². The average Bonchev–Trinajstić information content (AvgIpc) is 2.81. The number of aromatic nitrogens is 1. The third kappa shape index (κ3) is 2.89. The molecule has 1 heterocycles. The molecule has 0 atom stereocenters. The highest BCUT2D eigenvalue weighted by atomic mass is 79.9. The van der Waals surface area contributed by atoms with Crippen molar-refractivity contribution in [3.63, 3.8) is 0 Å². The first kappa shape index (κ1) is 15.1. The Labute approximate surface area is 139 Å². The molecule has 0 saturated carbocycles. The maximum Gasteiger partial charge on any atom is 0.342 e. The number of para-hydroxylation sites is 1. The normalized spacial score (nSPS) is 10.9. The lowest BCUT2D eigenvalue weighted by molar-refractivity contribution is -0.644. The van der Waals surface area contributed by atoms with Crippen LogP contribution >= 0.6 is 27.3 Å². The largest absolute Gasteiger partial charge is 0.342 e. The number of rotatable bonds is 3. The first-order valence-corrected chi connectivity index (χ1v) is 8.29. The van der Waals surface area contributed by atoms with Gasteiger partial charge in [-0.15, -0.1) is 0 Å². The lowest BCUT2D eigenvalue weighted by Gasteiger charge is -2.05. The van der Waals surface area contributed by atoms with E-state index in [0.29, 0.717) is 21.7 Å². The van der Waals surface area contributed by atoms with Gasteiger partial charge in [0.2, 0.25) is 0 Å². The van der Waals surface area contributed by atoms with Crippen LogP contribution < -0.4 is 9.88 Å². The van der Waals surface area contributed by atoms with Gasteiger partial charge in [0, 0.05) is 12.5 Å². The van der Waals surface area contributed by atoms with Crippen LogP contribution in [-0.4, -0.2) is 5.91 Å². The van der Waals surface area contributed by atoms with Crippen molar-refractivity contribution in [1.82, 2.24) is 0 Å². The predicted octanol–water partition coefficient (Wildman–Crippen LogP) is 4.10. The highest BCUT2D eigenvalue weighted by Gasteiger charge is 2.21. The van der Waals surface area contributed by atoms with Crippen molar-refractivity contribution in [2.45, 2.75) is 13.5 Å². The molecule has 0 aliphatic heterocycles. The van der Waals surface area contributed by atoms with Gasteiger partial charge in [-0.2, -0.15) is 0 Å². The molecule has 0 unspecified atom stereocenters. The van der Waals surface area contributed by atoms with Crippen LogP contribution in [0.4, 0.5) is 9.52 Å². The van der Waals surface area contributed by atoms with Gasteiger partial charge in [-0.05, 0) is 45.5 Å². The Bertz CT molecular complexity index is 862. The molecule has 112 valence electrons. The topological polar surface area (TPSA) is 33.0 Å². The minimum Gasteiger partial charge on any atom is -0.247 e. The van der Waals surface area contributed by atoms with Gasteiger partial charge in [-0.3, -0.25) is 0 Å². The van der Waals surface area contributed by atoms with Gasteiger partial charge in [-0.25, -0.2) is 19.1 Å². The summed E-state index contributed by atoms with van der Waals surface area (Å²) in [4.78, 5) is 11.4. The van der Waals surface area contributed by atoms with E-state index >= 15 is 0 Å². The highest BCUT2D eigenvalue weighted by molar-refractivity contribution is 9.10. The number of fused-ring (bicyclic) bond motifs is 1. The maximum absolute atomic E-state index is 14.2. The van der Waals surface area contributed by atoms with Gasteiger partial charge in [0.1, 0.15) is 17.9 Å². The monoisotopic (exact) mass is 379 g/mol. The number of benzene rings is 2. The molecule has 1 aromatic heterocycles. The lowest BCUT2D eigenvalue weighted by atomic mass is 10.2. The average molecular weight is 380 g/mol. The summed E-state index contributed by atoms with van der Waals surface area (Å²) < 4.78 is 17.6. The van der Waals surface area contributed by atoms with E-state index < -0.39 is 0 Å². The molecule has 22 heavy (non-hydrogen) atoms. The number of nitrogens with zero attached hydrogens (tertiary/aromatic N) is 1. The molecule has 0 aliphatic carbocycles. The molecule has 0 aliphatic rings. The smallest absolute Gasteiger partial charge is 0.247 e. The van der Waals surface area contributed by atoms with E-state index in [1.165, 1.54) is 18.3 Å². The van der Waals surface area contributed by atoms with Crippen LogP contribution in [0.1, 0.15) is 12.5 Å². The number of halogens is 2. The van der Waals surface area contributed by atoms with Crippen molar-refractivity contribution in [2.75, 3.05) is 5.32 Å². The first-order valence-electron chi connectivity index (χ1n) is 6.68. The molecule has 0 radical (unpaired) electrons. The fraction of sp³-hybridized carbons (Fsp3) is 0.125. The van der Waals surface area contributed by atoms with Crippen molar-refractivity contribution < 1.29 is 13.8 Å². The van der Waals surface area contributed by atoms with Crippen molar-refractivity contribution >= 4 is 48.5 Å². The number of nitrogens with one attached hydrogen (secondary N) is 1. The van der Waals surface area contributed by atoms with Crippen molar-refractivity contribution in [3.8, 4) is 0 Å². The summed E-state index contributed by atoms with van der Waals surface area (Å²) in [5, 5.41) is 3.53. The van der Waals surface area contributed by atoms with Crippen LogP contribution in [-0.2, 0) is 11.3 Å². The molecule has 3 aromatic rings. The second-order valence-electron chi connectivity index (χ2n) is 4.86. The minimum absolute atomic E-state index is 0.143. The van der Waals surface area contributed by atoms with Gasteiger partial charge in [0.15, 0.2) is 0 Å². The van der Waals surface area contributed by atoms with E-state index in [0.717, 1.165) is 10.2 Å². The molecular weight excluding hydrogens is 367 g/mol. The molecule has 0 saturated heterocycles. The molecule has 0 bridgehead atoms. The Morgan fingerprint density at radius 3 is 2.82 bits per heavy atom. The van der Waals surface area contributed by atoms with Gasteiger partial charge in [-0.1, -0.05) is 24.3 Å². The molecule has 3 rings (SSSR count). The van der Waals surface area contributed by atoms with Crippen LogP contribution in [0.3, 0.4) is 0 Å². The van der Waals surface area contributed by atoms with E-state index in [4.69, 9.17) is 0 Å². The summed E-state index contributed by atoms with van der Waals surface area (Å²) >= 11 is 4.69. The first-order chi connectivity index (χ1) is 10.6. The van der Waals surface area contributed by atoms with Crippen molar-refractivity contribution in [2.24, 2.45) is 0 Å². The SMILES string of the molecule is CC(=O)Nc1sc2ccccc2[n+]1Cc1cccc(Br)c1F. The molecule has 0 fully saturated rings. The van der Waals surface area contributed by atoms with Crippen molar-refractivity contribution in [3.05, 3.63) is 58.3 Å². The van der Waals surface area contributed by atoms with Crippen LogP contribution in [0.25, 0.3) is 10.2 Å². The third-order valence-corrected chi connectivity index (χ3v) is 4.94. The number of carbonyl (C=O) groups is 1. The zero-order valence-corrected chi connectivity index (χ0v) is 14.2.